The number of benzene rings is 1. The summed E-state index contributed by atoms with van der Waals surface area (Å²) >= 11 is 0. The van der Waals surface area contributed by atoms with E-state index in [4.69, 9.17) is 0 Å². The minimum Gasteiger partial charge on any atom is -0.406 e. The standard InChI is InChI=1S/C21H21F3N4O2/c1-4-28(5-2)20(29)17-12-25-19-16(10-9-13(3)26-19)18(17)27-14-7-6-8-15(11-14)30-21(22,23)24/h6-12H,4-5H2,1-3H3,(H,25,26,27). The zero-order valence-electron chi connectivity index (χ0n) is 16.7. The Morgan fingerprint density at radius 1 is 1.17 bits per heavy atom. The summed E-state index contributed by atoms with van der Waals surface area (Å²) in [6.07, 6.45) is -3.36. The van der Waals surface area contributed by atoms with Crippen LogP contribution < -0.4 is 10.1 Å². The molecule has 2 aromatic heterocycles. The molecule has 0 spiro atoms. The highest BCUT2D eigenvalue weighted by Gasteiger charge is 2.31. The maximum atomic E-state index is 13.0. The number of alkyl halides is 3. The van der Waals surface area contributed by atoms with Crippen LogP contribution in [-0.4, -0.2) is 40.2 Å². The van der Waals surface area contributed by atoms with E-state index in [-0.39, 0.29) is 11.7 Å². The van der Waals surface area contributed by atoms with Crippen LogP contribution in [0.2, 0.25) is 0 Å². The van der Waals surface area contributed by atoms with Gasteiger partial charge in [0.25, 0.3) is 5.91 Å². The molecular formula is C21H21F3N4O2. The second kappa shape index (κ2) is 8.56. The van der Waals surface area contributed by atoms with Crippen LogP contribution in [0.5, 0.6) is 5.75 Å². The van der Waals surface area contributed by atoms with Gasteiger partial charge in [0.15, 0.2) is 5.65 Å². The molecule has 30 heavy (non-hydrogen) atoms. The molecule has 0 saturated carbocycles. The van der Waals surface area contributed by atoms with Gasteiger partial charge in [0.1, 0.15) is 5.75 Å². The van der Waals surface area contributed by atoms with E-state index >= 15 is 0 Å². The van der Waals surface area contributed by atoms with Crippen LogP contribution in [-0.2, 0) is 0 Å². The number of pyridine rings is 2. The number of aryl methyl sites for hydroxylation is 1. The van der Waals surface area contributed by atoms with Crippen LogP contribution in [0.25, 0.3) is 11.0 Å². The first-order chi connectivity index (χ1) is 14.2. The number of carbonyl (C=O) groups is 1. The van der Waals surface area contributed by atoms with E-state index in [0.29, 0.717) is 41.1 Å². The largest absolute Gasteiger partial charge is 0.573 e. The molecule has 0 aliphatic heterocycles. The van der Waals surface area contributed by atoms with Gasteiger partial charge in [0.2, 0.25) is 0 Å². The second-order valence-corrected chi connectivity index (χ2v) is 6.55. The number of nitrogens with one attached hydrogen (secondary N) is 1. The van der Waals surface area contributed by atoms with Crippen molar-refractivity contribution in [2.75, 3.05) is 18.4 Å². The third kappa shape index (κ3) is 4.79. The molecule has 1 N–H and O–H groups in total. The van der Waals surface area contributed by atoms with Gasteiger partial charge in [-0.15, -0.1) is 13.2 Å². The topological polar surface area (TPSA) is 67.4 Å². The highest BCUT2D eigenvalue weighted by Crippen LogP contribution is 2.32. The Balaban J connectivity index is 2.10. The van der Waals surface area contributed by atoms with Crippen LogP contribution in [0.1, 0.15) is 29.9 Å². The predicted molar refractivity (Wildman–Crippen MR) is 108 cm³/mol. The number of ether oxygens (including phenoxy) is 1. The lowest BCUT2D eigenvalue weighted by atomic mass is 10.1. The Bertz CT molecular complexity index is 1070. The fraction of sp³-hybridized carbons (Fsp3) is 0.286. The molecule has 2 heterocycles. The number of rotatable bonds is 6. The first kappa shape index (κ1) is 21.4. The average Bonchev–Trinajstić information content (AvgIpc) is 2.67. The van der Waals surface area contributed by atoms with Gasteiger partial charge >= 0.3 is 6.36 Å². The van der Waals surface area contributed by atoms with Crippen LogP contribution in [0.3, 0.4) is 0 Å². The molecule has 1 aromatic carbocycles. The van der Waals surface area contributed by atoms with Crippen molar-refractivity contribution in [1.82, 2.24) is 14.9 Å². The monoisotopic (exact) mass is 418 g/mol. The fourth-order valence-corrected chi connectivity index (χ4v) is 3.07. The molecule has 3 aromatic rings. The van der Waals surface area contributed by atoms with Gasteiger partial charge < -0.3 is 15.0 Å². The van der Waals surface area contributed by atoms with Gasteiger partial charge in [0, 0.05) is 42.1 Å². The zero-order chi connectivity index (χ0) is 21.9. The molecule has 158 valence electrons. The van der Waals surface area contributed by atoms with Gasteiger partial charge in [-0.05, 0) is 45.0 Å². The summed E-state index contributed by atoms with van der Waals surface area (Å²) in [6.45, 7) is 6.57. The minimum atomic E-state index is -4.80. The Morgan fingerprint density at radius 2 is 1.90 bits per heavy atom. The van der Waals surface area contributed by atoms with Crippen molar-refractivity contribution < 1.29 is 22.7 Å². The smallest absolute Gasteiger partial charge is 0.406 e. The van der Waals surface area contributed by atoms with Crippen molar-refractivity contribution in [3.63, 3.8) is 0 Å². The maximum Gasteiger partial charge on any atom is 0.573 e. The minimum absolute atomic E-state index is 0.236. The molecule has 3 rings (SSSR count). The first-order valence-electron chi connectivity index (χ1n) is 9.40. The SMILES string of the molecule is CCN(CC)C(=O)c1cnc2nc(C)ccc2c1Nc1cccc(OC(F)(F)F)c1. The first-order valence-corrected chi connectivity index (χ1v) is 9.40. The quantitative estimate of drug-likeness (QED) is 0.606. The van der Waals surface area contributed by atoms with E-state index in [1.165, 1.54) is 24.4 Å². The summed E-state index contributed by atoms with van der Waals surface area (Å²) in [5.41, 5.74) is 2.24. The van der Waals surface area contributed by atoms with E-state index in [0.717, 1.165) is 5.69 Å². The van der Waals surface area contributed by atoms with E-state index in [1.807, 2.05) is 20.8 Å². The summed E-state index contributed by atoms with van der Waals surface area (Å²) in [5, 5.41) is 3.65. The number of halogens is 3. The molecule has 1 amide bonds. The number of carbonyl (C=O) groups excluding carboxylic acids is 1. The summed E-state index contributed by atoms with van der Waals surface area (Å²) in [7, 11) is 0. The van der Waals surface area contributed by atoms with Crippen LogP contribution in [0, 0.1) is 6.92 Å². The summed E-state index contributed by atoms with van der Waals surface area (Å²) in [6, 6.07) is 9.00. The number of nitrogens with zero attached hydrogens (tertiary/aromatic N) is 3. The van der Waals surface area contributed by atoms with Crippen molar-refractivity contribution in [2.45, 2.75) is 27.1 Å². The molecule has 0 radical (unpaired) electrons. The van der Waals surface area contributed by atoms with Crippen LogP contribution in [0.15, 0.2) is 42.6 Å². The second-order valence-electron chi connectivity index (χ2n) is 6.55. The van der Waals surface area contributed by atoms with E-state index < -0.39 is 6.36 Å². The lowest BCUT2D eigenvalue weighted by molar-refractivity contribution is -0.274. The number of hydrogen-bond donors (Lipinski definition) is 1. The van der Waals surface area contributed by atoms with Crippen molar-refractivity contribution >= 4 is 28.3 Å². The summed E-state index contributed by atoms with van der Waals surface area (Å²) < 4.78 is 41.7. The fourth-order valence-electron chi connectivity index (χ4n) is 3.07. The van der Waals surface area contributed by atoms with Crippen LogP contribution >= 0.6 is 0 Å². The molecule has 0 bridgehead atoms. The number of amides is 1. The number of aromatic nitrogens is 2. The number of fused-ring (bicyclic) bond motifs is 1. The lowest BCUT2D eigenvalue weighted by Crippen LogP contribution is -2.31. The van der Waals surface area contributed by atoms with Crippen LogP contribution in [0.4, 0.5) is 24.5 Å². The highest BCUT2D eigenvalue weighted by molar-refractivity contribution is 6.07. The van der Waals surface area contributed by atoms with Gasteiger partial charge in [0.05, 0.1) is 11.3 Å². The van der Waals surface area contributed by atoms with Gasteiger partial charge in [-0.1, -0.05) is 6.07 Å². The van der Waals surface area contributed by atoms with Crippen molar-refractivity contribution in [3.05, 3.63) is 53.9 Å². The molecule has 0 fully saturated rings. The van der Waals surface area contributed by atoms with Crippen molar-refractivity contribution in [3.8, 4) is 5.75 Å². The Hall–Kier alpha value is -3.36. The predicted octanol–water partition coefficient (Wildman–Crippen LogP) is 5.06. The molecule has 0 aliphatic rings. The summed E-state index contributed by atoms with van der Waals surface area (Å²) in [4.78, 5) is 23.4. The molecule has 0 atom stereocenters. The summed E-state index contributed by atoms with van der Waals surface area (Å²) in [5.74, 6) is -0.600. The maximum absolute atomic E-state index is 13.0. The molecule has 0 saturated heterocycles. The average molecular weight is 418 g/mol. The molecule has 0 aliphatic carbocycles. The normalized spacial score (nSPS) is 11.4. The zero-order valence-corrected chi connectivity index (χ0v) is 16.7. The molecule has 6 nitrogen and oxygen atoms in total. The van der Waals surface area contributed by atoms with Gasteiger partial charge in [-0.25, -0.2) is 9.97 Å². The third-order valence-electron chi connectivity index (χ3n) is 4.49. The Kier molecular flexibility index (Phi) is 6.09. The van der Waals surface area contributed by atoms with E-state index in [9.17, 15) is 18.0 Å². The lowest BCUT2D eigenvalue weighted by Gasteiger charge is -2.21. The van der Waals surface area contributed by atoms with Gasteiger partial charge in [-0.2, -0.15) is 0 Å². The number of hydrogen-bond acceptors (Lipinski definition) is 5. The molecule has 0 unspecified atom stereocenters. The number of anilines is 2. The van der Waals surface area contributed by atoms with Crippen molar-refractivity contribution in [2.24, 2.45) is 0 Å². The van der Waals surface area contributed by atoms with E-state index in [2.05, 4.69) is 20.0 Å². The Labute approximate surface area is 171 Å². The van der Waals surface area contributed by atoms with E-state index in [1.54, 1.807) is 23.1 Å². The molecule has 9 heteroatoms. The Morgan fingerprint density at radius 3 is 2.57 bits per heavy atom. The van der Waals surface area contributed by atoms with Gasteiger partial charge in [-0.3, -0.25) is 4.79 Å². The van der Waals surface area contributed by atoms with Crippen molar-refractivity contribution in [1.29, 1.82) is 0 Å². The highest BCUT2D eigenvalue weighted by atomic mass is 19.4. The third-order valence-corrected chi connectivity index (χ3v) is 4.49. The molecular weight excluding hydrogens is 397 g/mol.